The highest BCUT2D eigenvalue weighted by molar-refractivity contribution is 7.98. The minimum absolute atomic E-state index is 0.0551. The van der Waals surface area contributed by atoms with Crippen LogP contribution in [0.1, 0.15) is 23.6 Å². The molecule has 0 aliphatic carbocycles. The number of nitrogens with zero attached hydrogens (tertiary/aromatic N) is 2. The van der Waals surface area contributed by atoms with Crippen LogP contribution in [0, 0.1) is 11.6 Å². The topological polar surface area (TPSA) is 82.6 Å². The normalized spacial score (nSPS) is 10.7. The minimum atomic E-state index is -0.928. The van der Waals surface area contributed by atoms with E-state index in [2.05, 4.69) is 15.3 Å². The van der Waals surface area contributed by atoms with Crippen molar-refractivity contribution in [3.63, 3.8) is 0 Å². The Bertz CT molecular complexity index is 1200. The summed E-state index contributed by atoms with van der Waals surface area (Å²) in [5.41, 5.74) is 1.34. The lowest BCUT2D eigenvalue weighted by atomic mass is 10.1. The summed E-state index contributed by atoms with van der Waals surface area (Å²) in [6, 6.07) is 9.34. The summed E-state index contributed by atoms with van der Waals surface area (Å²) in [5.74, 6) is -0.689. The van der Waals surface area contributed by atoms with E-state index in [1.165, 1.54) is 12.1 Å². The third kappa shape index (κ3) is 6.95. The van der Waals surface area contributed by atoms with Gasteiger partial charge in [0.2, 0.25) is 0 Å². The summed E-state index contributed by atoms with van der Waals surface area (Å²) in [6.45, 7) is 2.21. The van der Waals surface area contributed by atoms with Gasteiger partial charge in [-0.3, -0.25) is 4.79 Å². The van der Waals surface area contributed by atoms with Crippen LogP contribution in [0.2, 0.25) is 5.15 Å². The summed E-state index contributed by atoms with van der Waals surface area (Å²) < 4.78 is 43.3. The maximum Gasteiger partial charge on any atom is 0.310 e. The molecule has 0 fully saturated rings. The van der Waals surface area contributed by atoms with Crippen molar-refractivity contribution in [2.45, 2.75) is 30.8 Å². The van der Waals surface area contributed by atoms with Crippen molar-refractivity contribution in [3.8, 4) is 11.5 Å². The first-order valence-electron chi connectivity index (χ1n) is 10.6. The fourth-order valence-corrected chi connectivity index (χ4v) is 4.25. The molecule has 0 aliphatic rings. The lowest BCUT2D eigenvalue weighted by molar-refractivity contribution is -0.142. The van der Waals surface area contributed by atoms with Crippen LogP contribution in [0.5, 0.6) is 11.5 Å². The van der Waals surface area contributed by atoms with Gasteiger partial charge in [0.1, 0.15) is 22.5 Å². The summed E-state index contributed by atoms with van der Waals surface area (Å²) in [4.78, 5) is 20.9. The lowest BCUT2D eigenvalue weighted by Crippen LogP contribution is -2.13. The van der Waals surface area contributed by atoms with Crippen LogP contribution in [0.15, 0.2) is 41.6 Å². The van der Waals surface area contributed by atoms with Gasteiger partial charge in [0.05, 0.1) is 27.2 Å². The van der Waals surface area contributed by atoms with Gasteiger partial charge in [0, 0.05) is 35.1 Å². The average Bonchev–Trinajstić information content (AvgIpc) is 2.85. The fourth-order valence-electron chi connectivity index (χ4n) is 3.14. The standard InChI is InChI=1S/C24H24ClF2N3O4S/c1-4-34-20(31)11-17-22(25)29-24(35-13-15-6-5-7-18(26)21(15)27)30-23(17)28-12-14-8-9-16(32-2)10-19(14)33-3/h5-10H,4,11-13H2,1-3H3,(H,28,29,30). The maximum atomic E-state index is 14.0. The molecule has 1 heterocycles. The van der Waals surface area contributed by atoms with Gasteiger partial charge in [-0.05, 0) is 25.1 Å². The van der Waals surface area contributed by atoms with Gasteiger partial charge >= 0.3 is 5.97 Å². The highest BCUT2D eigenvalue weighted by Gasteiger charge is 2.19. The molecular weight excluding hydrogens is 500 g/mol. The van der Waals surface area contributed by atoms with Crippen LogP contribution in [0.3, 0.4) is 0 Å². The number of hydrogen-bond donors (Lipinski definition) is 1. The van der Waals surface area contributed by atoms with E-state index in [0.29, 0.717) is 29.4 Å². The SMILES string of the molecule is CCOC(=O)Cc1c(Cl)nc(SCc2cccc(F)c2F)nc1NCc1ccc(OC)cc1OC. The second-order valence-electron chi connectivity index (χ2n) is 7.14. The van der Waals surface area contributed by atoms with Gasteiger partial charge in [0.25, 0.3) is 0 Å². The monoisotopic (exact) mass is 523 g/mol. The van der Waals surface area contributed by atoms with Gasteiger partial charge in [-0.15, -0.1) is 0 Å². The van der Waals surface area contributed by atoms with Crippen LogP contribution >= 0.6 is 23.4 Å². The van der Waals surface area contributed by atoms with Crippen LogP contribution < -0.4 is 14.8 Å². The van der Waals surface area contributed by atoms with Gasteiger partial charge in [-0.1, -0.05) is 35.5 Å². The van der Waals surface area contributed by atoms with Crippen molar-refractivity contribution < 1.29 is 27.8 Å². The first-order chi connectivity index (χ1) is 16.9. The predicted molar refractivity (Wildman–Crippen MR) is 130 cm³/mol. The molecule has 11 heteroatoms. The Morgan fingerprint density at radius 1 is 1.11 bits per heavy atom. The molecule has 2 aromatic carbocycles. The van der Waals surface area contributed by atoms with Crippen molar-refractivity contribution in [3.05, 3.63) is 69.9 Å². The quantitative estimate of drug-likeness (QED) is 0.154. The van der Waals surface area contributed by atoms with Gasteiger partial charge < -0.3 is 19.5 Å². The summed E-state index contributed by atoms with van der Waals surface area (Å²) in [5, 5.41) is 3.46. The van der Waals surface area contributed by atoms with E-state index in [1.807, 2.05) is 6.07 Å². The number of rotatable bonds is 11. The molecule has 0 saturated carbocycles. The number of esters is 1. The number of carbonyl (C=O) groups is 1. The molecule has 0 spiro atoms. The largest absolute Gasteiger partial charge is 0.497 e. The van der Waals surface area contributed by atoms with Crippen molar-refractivity contribution in [2.24, 2.45) is 0 Å². The number of nitrogens with one attached hydrogen (secondary N) is 1. The van der Waals surface area contributed by atoms with Crippen molar-refractivity contribution >= 4 is 35.1 Å². The summed E-state index contributed by atoms with van der Waals surface area (Å²) >= 11 is 7.50. The van der Waals surface area contributed by atoms with E-state index in [4.69, 9.17) is 25.8 Å². The minimum Gasteiger partial charge on any atom is -0.497 e. The molecule has 0 atom stereocenters. The Labute approximate surface area is 211 Å². The number of anilines is 1. The Hall–Kier alpha value is -3.11. The van der Waals surface area contributed by atoms with Gasteiger partial charge in [-0.2, -0.15) is 0 Å². The zero-order chi connectivity index (χ0) is 25.4. The second kappa shape index (κ2) is 12.6. The molecule has 1 N–H and O–H groups in total. The highest BCUT2D eigenvalue weighted by atomic mass is 35.5. The van der Waals surface area contributed by atoms with Gasteiger partial charge in [0.15, 0.2) is 16.8 Å². The predicted octanol–water partition coefficient (Wildman–Crippen LogP) is 5.44. The fraction of sp³-hybridized carbons (Fsp3) is 0.292. The Balaban J connectivity index is 1.88. The molecule has 0 saturated heterocycles. The van der Waals surface area contributed by atoms with Crippen LogP contribution in [0.4, 0.5) is 14.6 Å². The number of methoxy groups -OCH3 is 2. The number of halogens is 3. The molecule has 35 heavy (non-hydrogen) atoms. The first-order valence-corrected chi connectivity index (χ1v) is 11.9. The Morgan fingerprint density at radius 3 is 2.63 bits per heavy atom. The zero-order valence-electron chi connectivity index (χ0n) is 19.4. The van der Waals surface area contributed by atoms with Crippen LogP contribution in [-0.4, -0.2) is 36.8 Å². The summed E-state index contributed by atoms with van der Waals surface area (Å²) in [6.07, 6.45) is -0.141. The average molecular weight is 524 g/mol. The molecule has 7 nitrogen and oxygen atoms in total. The first kappa shape index (κ1) is 26.5. The molecule has 0 bridgehead atoms. The molecule has 186 valence electrons. The van der Waals surface area contributed by atoms with E-state index < -0.39 is 17.6 Å². The van der Waals surface area contributed by atoms with E-state index in [1.54, 1.807) is 33.3 Å². The van der Waals surface area contributed by atoms with Crippen molar-refractivity contribution in [1.29, 1.82) is 0 Å². The summed E-state index contributed by atoms with van der Waals surface area (Å²) in [7, 11) is 3.11. The molecule has 0 aliphatic heterocycles. The highest BCUT2D eigenvalue weighted by Crippen LogP contribution is 2.30. The second-order valence-corrected chi connectivity index (χ2v) is 8.44. The lowest BCUT2D eigenvalue weighted by Gasteiger charge is -2.15. The number of carbonyl (C=O) groups excluding carboxylic acids is 1. The number of thioether (sulfide) groups is 1. The zero-order valence-corrected chi connectivity index (χ0v) is 20.9. The number of benzene rings is 2. The van der Waals surface area contributed by atoms with Crippen LogP contribution in [0.25, 0.3) is 0 Å². The third-order valence-corrected chi connectivity index (χ3v) is 6.10. The number of ether oxygens (including phenoxy) is 3. The van der Waals surface area contributed by atoms with Crippen molar-refractivity contribution in [2.75, 3.05) is 26.1 Å². The van der Waals surface area contributed by atoms with Crippen molar-refractivity contribution in [1.82, 2.24) is 9.97 Å². The number of aromatic nitrogens is 2. The molecule has 3 aromatic rings. The van der Waals surface area contributed by atoms with E-state index in [-0.39, 0.29) is 34.7 Å². The van der Waals surface area contributed by atoms with Crippen LogP contribution in [-0.2, 0) is 28.2 Å². The third-order valence-electron chi connectivity index (χ3n) is 4.89. The molecule has 3 rings (SSSR count). The molecule has 0 amide bonds. The van der Waals surface area contributed by atoms with E-state index in [0.717, 1.165) is 23.4 Å². The smallest absolute Gasteiger partial charge is 0.310 e. The molecule has 0 unspecified atom stereocenters. The van der Waals surface area contributed by atoms with Gasteiger partial charge in [-0.25, -0.2) is 18.7 Å². The molecular formula is C24H24ClF2N3O4S. The van der Waals surface area contributed by atoms with E-state index in [9.17, 15) is 13.6 Å². The number of hydrogen-bond acceptors (Lipinski definition) is 8. The Morgan fingerprint density at radius 2 is 1.91 bits per heavy atom. The maximum absolute atomic E-state index is 14.0. The molecule has 1 aromatic heterocycles. The Kier molecular flexibility index (Phi) is 9.50. The molecule has 0 radical (unpaired) electrons. The van der Waals surface area contributed by atoms with E-state index >= 15 is 0 Å².